The van der Waals surface area contributed by atoms with E-state index in [0.717, 1.165) is 6.26 Å². The van der Waals surface area contributed by atoms with Crippen molar-refractivity contribution in [2.75, 3.05) is 6.07 Å². The summed E-state index contributed by atoms with van der Waals surface area (Å²) < 4.78 is 9.35. The maximum Gasteiger partial charge on any atom is 0.343 e. The van der Waals surface area contributed by atoms with Gasteiger partial charge in [0, 0.05) is 0 Å². The molecule has 0 saturated heterocycles. The quantitative estimate of drug-likeness (QED) is 0.437. The lowest BCUT2D eigenvalue weighted by molar-refractivity contribution is 0.0654. The fourth-order valence-electron chi connectivity index (χ4n) is 0.808. The summed E-state index contributed by atoms with van der Waals surface area (Å²) in [6.07, 6.45) is 2.37. The number of rotatable bonds is 4. The van der Waals surface area contributed by atoms with Gasteiger partial charge in [0.15, 0.2) is 6.07 Å². The average Bonchev–Trinajstić information content (AvgIpc) is 2.25. The maximum absolute atomic E-state index is 11.2. The van der Waals surface area contributed by atoms with E-state index in [1.54, 1.807) is 24.3 Å². The Kier molecular flexibility index (Phi) is 4.58. The molecule has 0 saturated carbocycles. The van der Waals surface area contributed by atoms with Crippen LogP contribution in [-0.2, 0) is 9.47 Å². The zero-order valence-corrected chi connectivity index (χ0v) is 8.11. The summed E-state index contributed by atoms with van der Waals surface area (Å²) in [5, 5.41) is 0. The zero-order chi connectivity index (χ0) is 10.2. The third-order valence-corrected chi connectivity index (χ3v) is 1.53. The van der Waals surface area contributed by atoms with Crippen LogP contribution in [0.4, 0.5) is 0 Å². The number of ether oxygens (including phenoxy) is 2. The summed E-state index contributed by atoms with van der Waals surface area (Å²) in [4.78, 5) is 11.2. The number of benzene rings is 1. The molecule has 0 aliphatic carbocycles. The molecule has 74 valence electrons. The van der Waals surface area contributed by atoms with Crippen LogP contribution in [0.2, 0.25) is 0 Å². The molecule has 0 fully saturated rings. The van der Waals surface area contributed by atoms with Gasteiger partial charge in [-0.2, -0.15) is 0 Å². The molecule has 3 nitrogen and oxygen atoms in total. The monoisotopic (exact) mass is 212 g/mol. The van der Waals surface area contributed by atoms with E-state index < -0.39 is 5.97 Å². The van der Waals surface area contributed by atoms with Gasteiger partial charge < -0.3 is 9.47 Å². The first-order valence-corrected chi connectivity index (χ1v) is 4.46. The Balaban J connectivity index is 2.44. The van der Waals surface area contributed by atoms with Crippen molar-refractivity contribution in [2.24, 2.45) is 0 Å². The van der Waals surface area contributed by atoms with Gasteiger partial charge >= 0.3 is 5.97 Å². The molecule has 1 rings (SSSR count). The van der Waals surface area contributed by atoms with E-state index in [1.807, 2.05) is 6.07 Å². The SMILES string of the molecule is O=C(OC=COCCl)c1ccccc1. The Morgan fingerprint density at radius 2 is 2.00 bits per heavy atom. The summed E-state index contributed by atoms with van der Waals surface area (Å²) in [7, 11) is 0. The molecule has 0 unspecified atom stereocenters. The summed E-state index contributed by atoms with van der Waals surface area (Å²) in [5.41, 5.74) is 0.489. The minimum Gasteiger partial charge on any atom is -0.482 e. The van der Waals surface area contributed by atoms with Gasteiger partial charge in [-0.25, -0.2) is 4.79 Å². The van der Waals surface area contributed by atoms with Crippen molar-refractivity contribution >= 4 is 17.6 Å². The minimum atomic E-state index is -0.431. The van der Waals surface area contributed by atoms with Crippen LogP contribution in [0.15, 0.2) is 42.9 Å². The third kappa shape index (κ3) is 3.49. The van der Waals surface area contributed by atoms with Gasteiger partial charge in [0.1, 0.15) is 12.5 Å². The van der Waals surface area contributed by atoms with Crippen LogP contribution in [0.25, 0.3) is 0 Å². The van der Waals surface area contributed by atoms with Crippen LogP contribution in [0.5, 0.6) is 0 Å². The molecule has 0 amide bonds. The van der Waals surface area contributed by atoms with E-state index in [9.17, 15) is 4.79 Å². The molecule has 1 aromatic carbocycles. The maximum atomic E-state index is 11.2. The van der Waals surface area contributed by atoms with Gasteiger partial charge in [-0.15, -0.1) is 0 Å². The van der Waals surface area contributed by atoms with Crippen LogP contribution in [0.1, 0.15) is 10.4 Å². The molecular weight excluding hydrogens is 204 g/mol. The van der Waals surface area contributed by atoms with Crippen molar-refractivity contribution in [1.29, 1.82) is 0 Å². The molecule has 0 heterocycles. The normalized spacial score (nSPS) is 10.1. The smallest absolute Gasteiger partial charge is 0.343 e. The van der Waals surface area contributed by atoms with Gasteiger partial charge in [-0.05, 0) is 12.1 Å². The van der Waals surface area contributed by atoms with Crippen molar-refractivity contribution in [3.8, 4) is 0 Å². The first-order chi connectivity index (χ1) is 6.84. The number of carbonyl (C=O) groups excluding carboxylic acids is 1. The van der Waals surface area contributed by atoms with Gasteiger partial charge in [0.25, 0.3) is 0 Å². The molecule has 4 heteroatoms. The van der Waals surface area contributed by atoms with E-state index in [-0.39, 0.29) is 6.07 Å². The zero-order valence-electron chi connectivity index (χ0n) is 7.35. The summed E-state index contributed by atoms with van der Waals surface area (Å²) >= 11 is 5.22. The van der Waals surface area contributed by atoms with Crippen molar-refractivity contribution in [3.05, 3.63) is 48.4 Å². The number of esters is 1. The van der Waals surface area contributed by atoms with Gasteiger partial charge in [-0.3, -0.25) is 0 Å². The number of alkyl halides is 1. The average molecular weight is 213 g/mol. The molecule has 1 aromatic rings. The van der Waals surface area contributed by atoms with Crippen LogP contribution in [0, 0.1) is 0 Å². The Labute approximate surface area is 86.9 Å². The minimum absolute atomic E-state index is 0.0272. The highest BCUT2D eigenvalue weighted by Crippen LogP contribution is 2.01. The standard InChI is InChI=1S/C10H9ClO3/c11-8-13-6-7-14-10(12)9-4-2-1-3-5-9/h1-7H,8H2. The van der Waals surface area contributed by atoms with E-state index in [0.29, 0.717) is 5.56 Å². The van der Waals surface area contributed by atoms with Crippen LogP contribution in [0.3, 0.4) is 0 Å². The largest absolute Gasteiger partial charge is 0.482 e. The van der Waals surface area contributed by atoms with Crippen molar-refractivity contribution in [1.82, 2.24) is 0 Å². The molecule has 0 aliphatic heterocycles. The van der Waals surface area contributed by atoms with Crippen molar-refractivity contribution < 1.29 is 14.3 Å². The Morgan fingerprint density at radius 1 is 1.29 bits per heavy atom. The van der Waals surface area contributed by atoms with Crippen LogP contribution >= 0.6 is 11.6 Å². The topological polar surface area (TPSA) is 35.5 Å². The number of hydrogen-bond donors (Lipinski definition) is 0. The molecular formula is C10H9ClO3. The lowest BCUT2D eigenvalue weighted by atomic mass is 10.2. The summed E-state index contributed by atoms with van der Waals surface area (Å²) in [6.45, 7) is 0. The lowest BCUT2D eigenvalue weighted by Gasteiger charge is -1.97. The Hall–Kier alpha value is -1.48. The highest BCUT2D eigenvalue weighted by Gasteiger charge is 2.02. The second-order valence-corrected chi connectivity index (χ2v) is 2.54. The molecule has 14 heavy (non-hydrogen) atoms. The third-order valence-electron chi connectivity index (χ3n) is 1.40. The van der Waals surface area contributed by atoms with E-state index in [4.69, 9.17) is 16.3 Å². The fraction of sp³-hybridized carbons (Fsp3) is 0.100. The molecule has 0 aromatic heterocycles. The summed E-state index contributed by atoms with van der Waals surface area (Å²) in [6, 6.07) is 8.70. The molecule has 0 bridgehead atoms. The molecule has 0 aliphatic rings. The number of hydrogen-bond acceptors (Lipinski definition) is 3. The predicted octanol–water partition coefficient (Wildman–Crippen LogP) is 2.53. The van der Waals surface area contributed by atoms with Crippen LogP contribution in [-0.4, -0.2) is 12.0 Å². The van der Waals surface area contributed by atoms with Crippen LogP contribution < -0.4 is 0 Å². The van der Waals surface area contributed by atoms with Gasteiger partial charge in [0.05, 0.1) is 5.56 Å². The van der Waals surface area contributed by atoms with E-state index in [1.165, 1.54) is 6.26 Å². The van der Waals surface area contributed by atoms with Gasteiger partial charge in [-0.1, -0.05) is 29.8 Å². The number of carbonyl (C=O) groups is 1. The van der Waals surface area contributed by atoms with E-state index in [2.05, 4.69) is 4.74 Å². The second-order valence-electron chi connectivity index (χ2n) is 2.32. The molecule has 0 atom stereocenters. The molecule has 0 N–H and O–H groups in total. The first kappa shape index (κ1) is 10.6. The fourth-order valence-corrected chi connectivity index (χ4v) is 0.880. The lowest BCUT2D eigenvalue weighted by Crippen LogP contribution is -1.99. The van der Waals surface area contributed by atoms with E-state index >= 15 is 0 Å². The highest BCUT2D eigenvalue weighted by atomic mass is 35.5. The second kappa shape index (κ2) is 6.05. The highest BCUT2D eigenvalue weighted by molar-refractivity contribution is 6.17. The Bertz CT molecular complexity index is 308. The predicted molar refractivity (Wildman–Crippen MR) is 52.8 cm³/mol. The van der Waals surface area contributed by atoms with Crippen molar-refractivity contribution in [3.63, 3.8) is 0 Å². The van der Waals surface area contributed by atoms with Gasteiger partial charge in [0.2, 0.25) is 0 Å². The van der Waals surface area contributed by atoms with Crippen molar-refractivity contribution in [2.45, 2.75) is 0 Å². The number of halogens is 1. The Morgan fingerprint density at radius 3 is 2.64 bits per heavy atom. The molecule has 0 radical (unpaired) electrons. The molecule has 0 spiro atoms. The first-order valence-electron chi connectivity index (χ1n) is 3.93. The summed E-state index contributed by atoms with van der Waals surface area (Å²) in [5.74, 6) is -0.431.